The molecule has 1 spiro atoms. The second-order valence-corrected chi connectivity index (χ2v) is 12.9. The molecule has 2 aliphatic carbocycles. The van der Waals surface area contributed by atoms with E-state index in [9.17, 15) is 0 Å². The van der Waals surface area contributed by atoms with E-state index in [-0.39, 0.29) is 11.8 Å². The van der Waals surface area contributed by atoms with Gasteiger partial charge in [-0.25, -0.2) is 15.0 Å². The minimum Gasteiger partial charge on any atom is -0.457 e. The van der Waals surface area contributed by atoms with Crippen molar-refractivity contribution in [3.63, 3.8) is 0 Å². The quantitative estimate of drug-likeness (QED) is 0.191. The van der Waals surface area contributed by atoms with Crippen LogP contribution in [0.15, 0.2) is 170 Å². The minimum atomic E-state index is -0.531. The molecule has 2 aromatic heterocycles. The molecule has 0 bridgehead atoms. The maximum atomic E-state index is 6.71. The number of para-hydroxylation sites is 1. The minimum absolute atomic E-state index is 0.0333. The summed E-state index contributed by atoms with van der Waals surface area (Å²) in [6.07, 6.45) is 10.5. The van der Waals surface area contributed by atoms with Gasteiger partial charge in [-0.3, -0.25) is 4.98 Å². The second-order valence-electron chi connectivity index (χ2n) is 12.9. The van der Waals surface area contributed by atoms with Gasteiger partial charge in [-0.2, -0.15) is 0 Å². The van der Waals surface area contributed by atoms with Crippen molar-refractivity contribution in [1.29, 1.82) is 0 Å². The topological polar surface area (TPSA) is 60.8 Å². The second kappa shape index (κ2) is 11.3. The van der Waals surface area contributed by atoms with Gasteiger partial charge < -0.3 is 4.74 Å². The number of allylic oxidation sites excluding steroid dienone is 4. The number of hydrogen-bond donors (Lipinski definition) is 0. The average molecular weight is 643 g/mol. The van der Waals surface area contributed by atoms with E-state index in [2.05, 4.69) is 120 Å². The third-order valence-corrected chi connectivity index (χ3v) is 10.3. The Hall–Kier alpha value is -6.46. The summed E-state index contributed by atoms with van der Waals surface area (Å²) in [5, 5.41) is 0. The monoisotopic (exact) mass is 642 g/mol. The third kappa shape index (κ3) is 4.26. The van der Waals surface area contributed by atoms with Gasteiger partial charge in [-0.1, -0.05) is 133 Å². The van der Waals surface area contributed by atoms with Crippen molar-refractivity contribution >= 4 is 0 Å². The first-order valence-corrected chi connectivity index (χ1v) is 17.0. The van der Waals surface area contributed by atoms with E-state index >= 15 is 0 Å². The van der Waals surface area contributed by atoms with E-state index in [1.807, 2.05) is 48.5 Å². The Morgan fingerprint density at radius 2 is 1.14 bits per heavy atom. The fourth-order valence-electron chi connectivity index (χ4n) is 8.12. The standard InChI is InChI=1S/C45H30N4O/c1-2-14-29(15-3-1)42-47-43(49-44(48-42)39-23-12-13-27-46-39)34-19-5-4-16-31(34)30-25-26-41-38(28-30)45(37-22-10-11-24-40(37)50-41)35-20-8-6-17-32(35)33-18-7-9-21-36(33)45/h1-28,31,34H. The largest absolute Gasteiger partial charge is 0.457 e. The van der Waals surface area contributed by atoms with Crippen LogP contribution in [0.25, 0.3) is 34.0 Å². The van der Waals surface area contributed by atoms with Crippen molar-refractivity contribution in [2.24, 2.45) is 0 Å². The first-order valence-electron chi connectivity index (χ1n) is 17.0. The Morgan fingerprint density at radius 3 is 1.90 bits per heavy atom. The van der Waals surface area contributed by atoms with Crippen LogP contribution in [0, 0.1) is 0 Å². The molecule has 0 radical (unpaired) electrons. The zero-order valence-electron chi connectivity index (χ0n) is 27.0. The molecule has 7 aromatic rings. The van der Waals surface area contributed by atoms with E-state index in [4.69, 9.17) is 19.7 Å². The highest BCUT2D eigenvalue weighted by Gasteiger charge is 2.51. The Morgan fingerprint density at radius 1 is 0.500 bits per heavy atom. The van der Waals surface area contributed by atoms with Gasteiger partial charge >= 0.3 is 0 Å². The van der Waals surface area contributed by atoms with Crippen LogP contribution in [0.5, 0.6) is 11.5 Å². The van der Waals surface area contributed by atoms with Gasteiger partial charge in [0.15, 0.2) is 11.6 Å². The summed E-state index contributed by atoms with van der Waals surface area (Å²) in [5.41, 5.74) is 9.65. The van der Waals surface area contributed by atoms with E-state index < -0.39 is 5.41 Å². The molecule has 0 saturated carbocycles. The summed E-state index contributed by atoms with van der Waals surface area (Å²) in [4.78, 5) is 19.7. The summed E-state index contributed by atoms with van der Waals surface area (Å²) >= 11 is 0. The molecule has 0 fully saturated rings. The fourth-order valence-corrected chi connectivity index (χ4v) is 8.12. The van der Waals surface area contributed by atoms with Gasteiger partial charge in [0.25, 0.3) is 0 Å². The number of ether oxygens (including phenoxy) is 1. The van der Waals surface area contributed by atoms with Crippen LogP contribution in [0.4, 0.5) is 0 Å². The molecule has 0 N–H and O–H groups in total. The van der Waals surface area contributed by atoms with Crippen LogP contribution in [-0.4, -0.2) is 19.9 Å². The number of hydrogen-bond acceptors (Lipinski definition) is 5. The predicted molar refractivity (Wildman–Crippen MR) is 196 cm³/mol. The lowest BCUT2D eigenvalue weighted by molar-refractivity contribution is 0.435. The SMILES string of the molecule is C1=CC(c2ccc3c(c2)C2(c4ccccc4O3)c3ccccc3-c3ccccc32)C(c2nc(-c3ccccc3)nc(-c3ccccn3)n2)C=C1. The highest BCUT2D eigenvalue weighted by Crippen LogP contribution is 2.62. The molecule has 0 saturated heterocycles. The summed E-state index contributed by atoms with van der Waals surface area (Å²) in [6.45, 7) is 0. The molecule has 2 atom stereocenters. The zero-order valence-corrected chi connectivity index (χ0v) is 27.0. The van der Waals surface area contributed by atoms with Crippen LogP contribution in [0.3, 0.4) is 0 Å². The van der Waals surface area contributed by atoms with E-state index in [1.165, 1.54) is 27.8 Å². The lowest BCUT2D eigenvalue weighted by Crippen LogP contribution is -2.32. The predicted octanol–water partition coefficient (Wildman–Crippen LogP) is 10.1. The maximum absolute atomic E-state index is 6.71. The van der Waals surface area contributed by atoms with Crippen molar-refractivity contribution in [1.82, 2.24) is 19.9 Å². The summed E-state index contributed by atoms with van der Waals surface area (Å²) in [6, 6.07) is 48.8. The van der Waals surface area contributed by atoms with E-state index in [0.29, 0.717) is 23.2 Å². The Bertz CT molecular complexity index is 2380. The molecule has 10 rings (SSSR count). The van der Waals surface area contributed by atoms with Crippen molar-refractivity contribution in [2.75, 3.05) is 0 Å². The summed E-state index contributed by atoms with van der Waals surface area (Å²) in [7, 11) is 0. The summed E-state index contributed by atoms with van der Waals surface area (Å²) < 4.78 is 6.71. The third-order valence-electron chi connectivity index (χ3n) is 10.3. The van der Waals surface area contributed by atoms with Gasteiger partial charge in [0.1, 0.15) is 23.0 Å². The Kier molecular flexibility index (Phi) is 6.46. The molecular weight excluding hydrogens is 613 g/mol. The van der Waals surface area contributed by atoms with E-state index in [1.54, 1.807) is 6.20 Å². The molecule has 50 heavy (non-hydrogen) atoms. The van der Waals surface area contributed by atoms with Crippen molar-refractivity contribution in [3.05, 3.63) is 204 Å². The van der Waals surface area contributed by atoms with Gasteiger partial charge in [-0.15, -0.1) is 0 Å². The van der Waals surface area contributed by atoms with Crippen LogP contribution < -0.4 is 4.74 Å². The molecule has 5 nitrogen and oxygen atoms in total. The van der Waals surface area contributed by atoms with Gasteiger partial charge in [0.2, 0.25) is 0 Å². The highest BCUT2D eigenvalue weighted by atomic mass is 16.5. The molecule has 5 aromatic carbocycles. The molecule has 2 unspecified atom stereocenters. The normalized spacial score (nSPS) is 17.4. The summed E-state index contributed by atoms with van der Waals surface area (Å²) in [5.74, 6) is 3.48. The Balaban J connectivity index is 1.16. The fraction of sp³-hybridized carbons (Fsp3) is 0.0667. The molecule has 0 amide bonds. The first kappa shape index (κ1) is 28.5. The van der Waals surface area contributed by atoms with Crippen molar-refractivity contribution in [3.8, 4) is 45.5 Å². The molecule has 3 aliphatic rings. The average Bonchev–Trinajstić information content (AvgIpc) is 3.49. The van der Waals surface area contributed by atoms with Crippen molar-refractivity contribution < 1.29 is 4.74 Å². The molecule has 236 valence electrons. The number of fused-ring (bicyclic) bond motifs is 9. The van der Waals surface area contributed by atoms with Crippen LogP contribution in [0.1, 0.15) is 45.5 Å². The number of benzene rings is 5. The number of aromatic nitrogens is 4. The lowest BCUT2D eigenvalue weighted by Gasteiger charge is -2.40. The highest BCUT2D eigenvalue weighted by molar-refractivity contribution is 5.88. The smallest absolute Gasteiger partial charge is 0.182 e. The van der Waals surface area contributed by atoms with Gasteiger partial charge in [0, 0.05) is 34.7 Å². The Labute approximate surface area is 290 Å². The lowest BCUT2D eigenvalue weighted by atomic mass is 9.65. The molecule has 5 heteroatoms. The van der Waals surface area contributed by atoms with Crippen LogP contribution >= 0.6 is 0 Å². The number of rotatable bonds is 4. The number of pyridine rings is 1. The molecule has 1 aliphatic heterocycles. The van der Waals surface area contributed by atoms with E-state index in [0.717, 1.165) is 28.2 Å². The van der Waals surface area contributed by atoms with Crippen LogP contribution in [0.2, 0.25) is 0 Å². The molecule has 3 heterocycles. The first-order chi connectivity index (χ1) is 24.8. The zero-order chi connectivity index (χ0) is 33.1. The maximum Gasteiger partial charge on any atom is 0.182 e. The van der Waals surface area contributed by atoms with Crippen LogP contribution in [-0.2, 0) is 5.41 Å². The number of nitrogens with zero attached hydrogens (tertiary/aromatic N) is 4. The molecular formula is C45H30N4O. The van der Waals surface area contributed by atoms with Gasteiger partial charge in [0.05, 0.1) is 5.41 Å². The van der Waals surface area contributed by atoms with Crippen molar-refractivity contribution in [2.45, 2.75) is 17.3 Å². The van der Waals surface area contributed by atoms with Gasteiger partial charge in [-0.05, 0) is 58.1 Å².